The molecule has 0 aliphatic rings. The number of carbonyl (C=O) groups is 1. The Kier molecular flexibility index (Phi) is 6.43. The van der Waals surface area contributed by atoms with Crippen LogP contribution in [-0.4, -0.2) is 53.9 Å². The fourth-order valence-corrected chi connectivity index (χ4v) is 2.53. The maximum atomic E-state index is 12.6. The first-order valence-electron chi connectivity index (χ1n) is 7.01. The maximum absolute atomic E-state index is 12.6. The van der Waals surface area contributed by atoms with Crippen molar-refractivity contribution in [2.24, 2.45) is 0 Å². The molecule has 112 valence electrons. The first-order chi connectivity index (χ1) is 9.38. The van der Waals surface area contributed by atoms with Gasteiger partial charge in [-0.05, 0) is 46.5 Å². The van der Waals surface area contributed by atoms with Crippen LogP contribution in [0.3, 0.4) is 0 Å². The molecule has 1 aromatic rings. The number of hydrogen-bond acceptors (Lipinski definition) is 3. The molecule has 0 saturated carbocycles. The van der Waals surface area contributed by atoms with E-state index in [2.05, 4.69) is 16.8 Å². The number of aromatic nitrogens is 1. The average molecular weight is 298 g/mol. The lowest BCUT2D eigenvalue weighted by Gasteiger charge is -2.30. The minimum atomic E-state index is 0.0147. The predicted octanol–water partition coefficient (Wildman–Crippen LogP) is 2.71. The van der Waals surface area contributed by atoms with E-state index in [1.807, 2.05) is 38.9 Å². The van der Waals surface area contributed by atoms with Gasteiger partial charge in [0, 0.05) is 30.4 Å². The van der Waals surface area contributed by atoms with Crippen molar-refractivity contribution in [3.05, 3.63) is 28.5 Å². The monoisotopic (exact) mass is 297 g/mol. The van der Waals surface area contributed by atoms with E-state index in [1.165, 1.54) is 0 Å². The van der Waals surface area contributed by atoms with E-state index in [1.54, 1.807) is 6.07 Å². The van der Waals surface area contributed by atoms with Crippen LogP contribution in [0.5, 0.6) is 0 Å². The van der Waals surface area contributed by atoms with Crippen LogP contribution >= 0.6 is 11.6 Å². The van der Waals surface area contributed by atoms with Crippen molar-refractivity contribution in [1.82, 2.24) is 14.8 Å². The summed E-state index contributed by atoms with van der Waals surface area (Å²) in [7, 11) is 4.01. The lowest BCUT2D eigenvalue weighted by atomic mass is 10.1. The summed E-state index contributed by atoms with van der Waals surface area (Å²) in [4.78, 5) is 20.8. The number of hydrogen-bond donors (Lipinski definition) is 0. The molecule has 1 unspecified atom stereocenters. The van der Waals surface area contributed by atoms with Crippen molar-refractivity contribution in [2.45, 2.75) is 33.2 Å². The Morgan fingerprint density at radius 1 is 1.35 bits per heavy atom. The van der Waals surface area contributed by atoms with Gasteiger partial charge in [0.05, 0.1) is 0 Å². The highest BCUT2D eigenvalue weighted by Crippen LogP contribution is 2.15. The number of pyridine rings is 1. The summed E-state index contributed by atoms with van der Waals surface area (Å²) < 4.78 is 0. The highest BCUT2D eigenvalue weighted by Gasteiger charge is 2.21. The zero-order valence-electron chi connectivity index (χ0n) is 13.0. The van der Waals surface area contributed by atoms with Crippen LogP contribution in [0.25, 0.3) is 0 Å². The summed E-state index contributed by atoms with van der Waals surface area (Å²) in [6.07, 6.45) is 0.764. The summed E-state index contributed by atoms with van der Waals surface area (Å²) in [5, 5.41) is 0.379. The van der Waals surface area contributed by atoms with E-state index in [0.717, 1.165) is 18.7 Å². The number of aryl methyl sites for hydroxylation is 1. The molecule has 0 fully saturated rings. The second kappa shape index (κ2) is 7.60. The van der Waals surface area contributed by atoms with E-state index < -0.39 is 0 Å². The van der Waals surface area contributed by atoms with Crippen LogP contribution in [0.15, 0.2) is 12.1 Å². The molecule has 1 rings (SSSR count). The normalized spacial score (nSPS) is 12.6. The van der Waals surface area contributed by atoms with Crippen molar-refractivity contribution in [3.63, 3.8) is 0 Å². The second-order valence-electron chi connectivity index (χ2n) is 5.23. The van der Waals surface area contributed by atoms with Gasteiger partial charge in [0.15, 0.2) is 0 Å². The summed E-state index contributed by atoms with van der Waals surface area (Å²) >= 11 is 5.99. The smallest absolute Gasteiger partial charge is 0.254 e. The summed E-state index contributed by atoms with van der Waals surface area (Å²) in [5.41, 5.74) is 1.46. The largest absolute Gasteiger partial charge is 0.335 e. The van der Waals surface area contributed by atoms with Crippen LogP contribution in [-0.2, 0) is 6.42 Å². The van der Waals surface area contributed by atoms with Gasteiger partial charge in [0.2, 0.25) is 0 Å². The minimum Gasteiger partial charge on any atom is -0.335 e. The van der Waals surface area contributed by atoms with Crippen LogP contribution in [0.4, 0.5) is 0 Å². The number of nitrogens with zero attached hydrogens (tertiary/aromatic N) is 3. The van der Waals surface area contributed by atoms with Crippen molar-refractivity contribution in [1.29, 1.82) is 0 Å². The molecule has 1 amide bonds. The van der Waals surface area contributed by atoms with Gasteiger partial charge in [0.25, 0.3) is 5.91 Å². The van der Waals surface area contributed by atoms with Gasteiger partial charge in [-0.1, -0.05) is 18.5 Å². The minimum absolute atomic E-state index is 0.0147. The number of carbonyl (C=O) groups excluding carboxylic acids is 1. The molecule has 0 saturated heterocycles. The number of halogens is 1. The molecule has 1 aromatic heterocycles. The molecule has 4 nitrogen and oxygen atoms in total. The second-order valence-corrected chi connectivity index (χ2v) is 5.61. The molecular formula is C15H24ClN3O. The predicted molar refractivity (Wildman–Crippen MR) is 83.4 cm³/mol. The fraction of sp³-hybridized carbons (Fsp3) is 0.600. The molecule has 0 N–H and O–H groups in total. The van der Waals surface area contributed by atoms with Crippen LogP contribution in [0, 0.1) is 0 Å². The third-order valence-electron chi connectivity index (χ3n) is 3.22. The van der Waals surface area contributed by atoms with E-state index in [9.17, 15) is 4.79 Å². The van der Waals surface area contributed by atoms with Gasteiger partial charge in [-0.25, -0.2) is 4.98 Å². The van der Waals surface area contributed by atoms with Crippen LogP contribution < -0.4 is 0 Å². The summed E-state index contributed by atoms with van der Waals surface area (Å²) in [5.74, 6) is 0.0147. The van der Waals surface area contributed by atoms with Crippen LogP contribution in [0.2, 0.25) is 5.15 Å². The molecule has 0 radical (unpaired) electrons. The van der Waals surface area contributed by atoms with Gasteiger partial charge in [-0.15, -0.1) is 0 Å². The van der Waals surface area contributed by atoms with Crippen LogP contribution in [0.1, 0.15) is 36.8 Å². The van der Waals surface area contributed by atoms with Gasteiger partial charge in [-0.3, -0.25) is 4.79 Å². The average Bonchev–Trinajstić information content (AvgIpc) is 2.37. The van der Waals surface area contributed by atoms with E-state index in [-0.39, 0.29) is 11.9 Å². The lowest BCUT2D eigenvalue weighted by Crippen LogP contribution is -2.43. The van der Waals surface area contributed by atoms with Crippen molar-refractivity contribution in [2.75, 3.05) is 27.2 Å². The molecule has 1 heterocycles. The fourth-order valence-electron chi connectivity index (χ4n) is 2.30. The quantitative estimate of drug-likeness (QED) is 0.758. The SMILES string of the molecule is CCc1cc(C(=O)N(CC)C(C)CN(C)C)cc(Cl)n1. The molecule has 0 spiro atoms. The molecule has 20 heavy (non-hydrogen) atoms. The highest BCUT2D eigenvalue weighted by atomic mass is 35.5. The van der Waals surface area contributed by atoms with Gasteiger partial charge in [0.1, 0.15) is 5.15 Å². The zero-order valence-corrected chi connectivity index (χ0v) is 13.7. The molecule has 5 heteroatoms. The third-order valence-corrected chi connectivity index (χ3v) is 3.41. The third kappa shape index (κ3) is 4.46. The Hall–Kier alpha value is -1.13. The van der Waals surface area contributed by atoms with Crippen molar-refractivity contribution in [3.8, 4) is 0 Å². The van der Waals surface area contributed by atoms with E-state index in [0.29, 0.717) is 17.3 Å². The van der Waals surface area contributed by atoms with Gasteiger partial charge >= 0.3 is 0 Å². The Morgan fingerprint density at radius 2 is 2.00 bits per heavy atom. The van der Waals surface area contributed by atoms with E-state index >= 15 is 0 Å². The first kappa shape index (κ1) is 16.9. The Morgan fingerprint density at radius 3 is 2.50 bits per heavy atom. The Bertz CT molecular complexity index is 462. The molecule has 0 aromatic carbocycles. The van der Waals surface area contributed by atoms with Crippen molar-refractivity contribution < 1.29 is 4.79 Å². The van der Waals surface area contributed by atoms with Crippen molar-refractivity contribution >= 4 is 17.5 Å². The number of rotatable bonds is 6. The van der Waals surface area contributed by atoms with Gasteiger partial charge in [-0.2, -0.15) is 0 Å². The zero-order chi connectivity index (χ0) is 15.3. The molecule has 0 aliphatic carbocycles. The molecule has 0 aliphatic heterocycles. The molecular weight excluding hydrogens is 274 g/mol. The lowest BCUT2D eigenvalue weighted by molar-refractivity contribution is 0.0679. The van der Waals surface area contributed by atoms with E-state index in [4.69, 9.17) is 11.6 Å². The number of likely N-dealkylation sites (N-methyl/N-ethyl adjacent to an activating group) is 2. The highest BCUT2D eigenvalue weighted by molar-refractivity contribution is 6.29. The molecule has 0 bridgehead atoms. The summed E-state index contributed by atoms with van der Waals surface area (Å²) in [6.45, 7) is 7.56. The number of amides is 1. The first-order valence-corrected chi connectivity index (χ1v) is 7.39. The maximum Gasteiger partial charge on any atom is 0.254 e. The molecule has 1 atom stereocenters. The summed E-state index contributed by atoms with van der Waals surface area (Å²) in [6, 6.07) is 3.63. The van der Waals surface area contributed by atoms with Gasteiger partial charge < -0.3 is 9.80 Å². The topological polar surface area (TPSA) is 36.4 Å². The Balaban J connectivity index is 2.98. The Labute approximate surface area is 126 Å². The standard InChI is InChI=1S/C15H24ClN3O/c1-6-13-8-12(9-14(16)17-13)15(20)19(7-2)11(3)10-18(4)5/h8-9,11H,6-7,10H2,1-5H3.